The molecule has 1 rings (SSSR count). The molecule has 0 saturated heterocycles. The Morgan fingerprint density at radius 3 is 2.59 bits per heavy atom. The Kier molecular flexibility index (Phi) is 5.57. The highest BCUT2D eigenvalue weighted by Gasteiger charge is 2.07. The molecular weight excluding hydrogens is 220 g/mol. The van der Waals surface area contributed by atoms with Gasteiger partial charge in [-0.15, -0.1) is 0 Å². The molecule has 5 heteroatoms. The molecule has 1 aromatic carbocycles. The Labute approximate surface area is 100 Å². The molecule has 0 aliphatic heterocycles. The van der Waals surface area contributed by atoms with Crippen LogP contribution in [0.5, 0.6) is 0 Å². The summed E-state index contributed by atoms with van der Waals surface area (Å²) >= 11 is 0. The van der Waals surface area contributed by atoms with Crippen molar-refractivity contribution < 1.29 is 14.3 Å². The number of carbonyl (C=O) groups excluding carboxylic acids is 2. The number of rotatable bonds is 4. The van der Waals surface area contributed by atoms with Crippen molar-refractivity contribution in [1.82, 2.24) is 5.32 Å². The van der Waals surface area contributed by atoms with Crippen molar-refractivity contribution >= 4 is 17.8 Å². The maximum absolute atomic E-state index is 11.3. The van der Waals surface area contributed by atoms with Gasteiger partial charge < -0.3 is 10.1 Å². The van der Waals surface area contributed by atoms with Gasteiger partial charge in [0.25, 0.3) is 0 Å². The van der Waals surface area contributed by atoms with E-state index in [2.05, 4.69) is 10.6 Å². The third-order valence-corrected chi connectivity index (χ3v) is 1.98. The number of alkyl carbamates (subject to hydrolysis) is 1. The molecule has 0 saturated carbocycles. The Hall–Kier alpha value is -2.04. The van der Waals surface area contributed by atoms with Crippen LogP contribution in [0.1, 0.15) is 19.8 Å². The highest BCUT2D eigenvalue weighted by Crippen LogP contribution is 2.04. The van der Waals surface area contributed by atoms with E-state index in [0.29, 0.717) is 12.3 Å². The van der Waals surface area contributed by atoms with Crippen LogP contribution >= 0.6 is 0 Å². The van der Waals surface area contributed by atoms with E-state index in [4.69, 9.17) is 4.74 Å². The number of amides is 3. The summed E-state index contributed by atoms with van der Waals surface area (Å²) in [5.41, 5.74) is 0.617. The van der Waals surface area contributed by atoms with Gasteiger partial charge in [-0.1, -0.05) is 31.5 Å². The smallest absolute Gasteiger partial charge is 0.415 e. The molecule has 0 heterocycles. The minimum absolute atomic E-state index is 0.320. The summed E-state index contributed by atoms with van der Waals surface area (Å²) in [6.07, 6.45) is 0.990. The average Bonchev–Trinajstić information content (AvgIpc) is 2.30. The van der Waals surface area contributed by atoms with Gasteiger partial charge in [0.15, 0.2) is 0 Å². The van der Waals surface area contributed by atoms with Gasteiger partial charge in [0.05, 0.1) is 6.61 Å². The number of anilines is 1. The summed E-state index contributed by atoms with van der Waals surface area (Å²) in [5, 5.41) is 4.59. The molecule has 2 N–H and O–H groups in total. The average molecular weight is 236 g/mol. The Balaban J connectivity index is 2.27. The minimum Gasteiger partial charge on any atom is -0.449 e. The van der Waals surface area contributed by atoms with Gasteiger partial charge >= 0.3 is 12.1 Å². The number of imide groups is 1. The molecule has 0 aromatic heterocycles. The van der Waals surface area contributed by atoms with Crippen molar-refractivity contribution in [3.8, 4) is 0 Å². The van der Waals surface area contributed by atoms with E-state index in [1.807, 2.05) is 13.0 Å². The minimum atomic E-state index is -0.730. The van der Waals surface area contributed by atoms with Crippen LogP contribution in [-0.2, 0) is 4.74 Å². The summed E-state index contributed by atoms with van der Waals surface area (Å²) in [4.78, 5) is 22.5. The van der Waals surface area contributed by atoms with Gasteiger partial charge in [0.1, 0.15) is 0 Å². The van der Waals surface area contributed by atoms with E-state index in [-0.39, 0.29) is 0 Å². The molecule has 17 heavy (non-hydrogen) atoms. The zero-order chi connectivity index (χ0) is 12.5. The first-order valence-corrected chi connectivity index (χ1v) is 5.52. The second-order valence-corrected chi connectivity index (χ2v) is 3.43. The highest BCUT2D eigenvalue weighted by atomic mass is 16.5. The monoisotopic (exact) mass is 236 g/mol. The number of nitrogens with one attached hydrogen (secondary N) is 2. The summed E-state index contributed by atoms with van der Waals surface area (Å²) in [6, 6.07) is 8.26. The number of urea groups is 1. The third kappa shape index (κ3) is 5.55. The lowest BCUT2D eigenvalue weighted by Crippen LogP contribution is -2.34. The Morgan fingerprint density at radius 2 is 1.94 bits per heavy atom. The van der Waals surface area contributed by atoms with Crippen LogP contribution in [-0.4, -0.2) is 18.7 Å². The maximum atomic E-state index is 11.3. The first kappa shape index (κ1) is 13.0. The van der Waals surface area contributed by atoms with Gasteiger partial charge in [-0.2, -0.15) is 0 Å². The summed E-state index contributed by atoms with van der Waals surface area (Å²) in [5.74, 6) is 0. The zero-order valence-corrected chi connectivity index (χ0v) is 9.73. The number of hydrogen-bond acceptors (Lipinski definition) is 3. The molecule has 3 amide bonds. The van der Waals surface area contributed by atoms with Gasteiger partial charge in [0, 0.05) is 5.69 Å². The normalized spacial score (nSPS) is 9.47. The molecule has 0 radical (unpaired) electrons. The molecule has 0 bridgehead atoms. The van der Waals surface area contributed by atoms with Crippen molar-refractivity contribution in [2.45, 2.75) is 19.8 Å². The second-order valence-electron chi connectivity index (χ2n) is 3.43. The lowest BCUT2D eigenvalue weighted by atomic mass is 10.3. The molecule has 0 aliphatic rings. The van der Waals surface area contributed by atoms with Crippen LogP contribution in [0.15, 0.2) is 30.3 Å². The van der Waals surface area contributed by atoms with Crippen molar-refractivity contribution in [2.24, 2.45) is 0 Å². The fourth-order valence-corrected chi connectivity index (χ4v) is 1.12. The second kappa shape index (κ2) is 7.27. The summed E-state index contributed by atoms with van der Waals surface area (Å²) in [7, 11) is 0. The number of hydrogen-bond donors (Lipinski definition) is 2. The quantitative estimate of drug-likeness (QED) is 0.790. The van der Waals surface area contributed by atoms with E-state index < -0.39 is 12.1 Å². The van der Waals surface area contributed by atoms with E-state index >= 15 is 0 Å². The molecule has 0 unspecified atom stereocenters. The van der Waals surface area contributed by atoms with E-state index in [1.54, 1.807) is 24.3 Å². The van der Waals surface area contributed by atoms with E-state index in [9.17, 15) is 9.59 Å². The molecule has 0 aliphatic carbocycles. The lowest BCUT2D eigenvalue weighted by molar-refractivity contribution is 0.146. The van der Waals surface area contributed by atoms with Gasteiger partial charge in [-0.05, 0) is 18.6 Å². The van der Waals surface area contributed by atoms with Crippen molar-refractivity contribution in [2.75, 3.05) is 11.9 Å². The van der Waals surface area contributed by atoms with E-state index in [1.165, 1.54) is 0 Å². The SMILES string of the molecule is CCCCOC(=O)NC(=O)Nc1ccccc1. The molecule has 0 spiro atoms. The maximum Gasteiger partial charge on any atom is 0.415 e. The number of ether oxygens (including phenoxy) is 1. The molecule has 92 valence electrons. The number of benzene rings is 1. The first-order valence-electron chi connectivity index (χ1n) is 5.52. The largest absolute Gasteiger partial charge is 0.449 e. The first-order chi connectivity index (χ1) is 8.22. The van der Waals surface area contributed by atoms with Crippen LogP contribution in [0, 0.1) is 0 Å². The Bertz CT molecular complexity index is 365. The van der Waals surface area contributed by atoms with Gasteiger partial charge in [-0.25, -0.2) is 14.9 Å². The molecule has 5 nitrogen and oxygen atoms in total. The summed E-state index contributed by atoms with van der Waals surface area (Å²) < 4.78 is 4.78. The molecule has 0 atom stereocenters. The fraction of sp³-hybridized carbons (Fsp3) is 0.333. The van der Waals surface area contributed by atoms with Crippen LogP contribution in [0.4, 0.5) is 15.3 Å². The predicted octanol–water partition coefficient (Wildman–Crippen LogP) is 2.74. The molecule has 1 aromatic rings. The van der Waals surface area contributed by atoms with Crippen LogP contribution in [0.25, 0.3) is 0 Å². The van der Waals surface area contributed by atoms with Gasteiger partial charge in [0.2, 0.25) is 0 Å². The highest BCUT2D eigenvalue weighted by molar-refractivity contribution is 5.98. The summed E-state index contributed by atoms with van der Waals surface area (Å²) in [6.45, 7) is 2.31. The zero-order valence-electron chi connectivity index (χ0n) is 9.73. The van der Waals surface area contributed by atoms with Crippen LogP contribution < -0.4 is 10.6 Å². The van der Waals surface area contributed by atoms with Gasteiger partial charge in [-0.3, -0.25) is 0 Å². The fourth-order valence-electron chi connectivity index (χ4n) is 1.12. The Morgan fingerprint density at radius 1 is 1.24 bits per heavy atom. The van der Waals surface area contributed by atoms with Crippen LogP contribution in [0.3, 0.4) is 0 Å². The lowest BCUT2D eigenvalue weighted by Gasteiger charge is -2.07. The van der Waals surface area contributed by atoms with Crippen molar-refractivity contribution in [3.63, 3.8) is 0 Å². The topological polar surface area (TPSA) is 67.4 Å². The van der Waals surface area contributed by atoms with E-state index in [0.717, 1.165) is 12.8 Å². The molecular formula is C12H16N2O3. The standard InChI is InChI=1S/C12H16N2O3/c1-2-3-9-17-12(16)14-11(15)13-10-7-5-4-6-8-10/h4-8H,2-3,9H2,1H3,(H2,13,14,15,16). The number of unbranched alkanes of at least 4 members (excludes halogenated alkanes) is 1. The number of carbonyl (C=O) groups is 2. The number of para-hydroxylation sites is 1. The van der Waals surface area contributed by atoms with Crippen LogP contribution in [0.2, 0.25) is 0 Å². The molecule has 0 fully saturated rings. The van der Waals surface area contributed by atoms with Crippen molar-refractivity contribution in [3.05, 3.63) is 30.3 Å². The third-order valence-electron chi connectivity index (χ3n) is 1.98. The predicted molar refractivity (Wildman–Crippen MR) is 64.9 cm³/mol. The van der Waals surface area contributed by atoms with Crippen molar-refractivity contribution in [1.29, 1.82) is 0 Å².